The van der Waals surface area contributed by atoms with E-state index in [4.69, 9.17) is 19.4 Å². The summed E-state index contributed by atoms with van der Waals surface area (Å²) >= 11 is 0. The number of rotatable bonds is 11. The lowest BCUT2D eigenvalue weighted by atomic mass is 9.85. The molecule has 3 fully saturated rings. The lowest BCUT2D eigenvalue weighted by Gasteiger charge is -2.32. The van der Waals surface area contributed by atoms with Gasteiger partial charge in [-0.05, 0) is 87.9 Å². The number of aromatic nitrogens is 3. The zero-order chi connectivity index (χ0) is 32.3. The fourth-order valence-corrected chi connectivity index (χ4v) is 7.05. The van der Waals surface area contributed by atoms with Crippen LogP contribution < -0.4 is 4.74 Å². The van der Waals surface area contributed by atoms with Crippen molar-refractivity contribution in [1.82, 2.24) is 19.4 Å². The number of halogens is 1. The summed E-state index contributed by atoms with van der Waals surface area (Å²) in [6.07, 6.45) is 6.90. The van der Waals surface area contributed by atoms with Gasteiger partial charge in [-0.1, -0.05) is 24.6 Å². The molecule has 1 N–H and O–H groups in total. The van der Waals surface area contributed by atoms with Gasteiger partial charge in [-0.15, -0.1) is 0 Å². The molecule has 2 aliphatic heterocycles. The van der Waals surface area contributed by atoms with Crippen molar-refractivity contribution >= 4 is 22.8 Å². The van der Waals surface area contributed by atoms with Crippen molar-refractivity contribution in [2.24, 2.45) is 11.8 Å². The summed E-state index contributed by atoms with van der Waals surface area (Å²) in [7, 11) is 0. The first-order valence-electron chi connectivity index (χ1n) is 16.9. The fourth-order valence-electron chi connectivity index (χ4n) is 7.05. The smallest absolute Gasteiger partial charge is 0.335 e. The molecule has 0 spiro atoms. The van der Waals surface area contributed by atoms with Gasteiger partial charge in [0.2, 0.25) is 5.88 Å². The molecular weight excluding hydrogens is 599 g/mol. The molecule has 47 heavy (non-hydrogen) atoms. The second-order valence-electron chi connectivity index (χ2n) is 13.2. The number of fused-ring (bicyclic) bond motifs is 1. The molecule has 0 unspecified atom stereocenters. The maximum Gasteiger partial charge on any atom is 0.335 e. The van der Waals surface area contributed by atoms with Crippen molar-refractivity contribution in [3.63, 3.8) is 0 Å². The van der Waals surface area contributed by atoms with Crippen molar-refractivity contribution in [1.29, 1.82) is 0 Å². The predicted molar refractivity (Wildman–Crippen MR) is 174 cm³/mol. The number of piperidine rings is 1. The largest absolute Gasteiger partial charge is 0.478 e. The molecule has 1 saturated carbocycles. The molecule has 4 heterocycles. The van der Waals surface area contributed by atoms with Crippen LogP contribution in [0.3, 0.4) is 0 Å². The van der Waals surface area contributed by atoms with Crippen LogP contribution in [0.15, 0.2) is 54.6 Å². The van der Waals surface area contributed by atoms with Crippen molar-refractivity contribution in [2.75, 3.05) is 26.3 Å². The number of aromatic carboxylic acids is 1. The van der Waals surface area contributed by atoms with Gasteiger partial charge in [-0.25, -0.2) is 19.2 Å². The van der Waals surface area contributed by atoms with E-state index in [9.17, 15) is 19.1 Å². The topological polar surface area (TPSA) is 107 Å². The van der Waals surface area contributed by atoms with Gasteiger partial charge in [-0.3, -0.25) is 9.69 Å². The van der Waals surface area contributed by atoms with Crippen molar-refractivity contribution < 1.29 is 28.6 Å². The summed E-state index contributed by atoms with van der Waals surface area (Å²) in [4.78, 5) is 36.6. The average molecular weight is 641 g/mol. The van der Waals surface area contributed by atoms with E-state index in [0.29, 0.717) is 54.5 Å². The number of carbonyl (C=O) groups excluding carboxylic acids is 1. The molecule has 2 aromatic carbocycles. The van der Waals surface area contributed by atoms with Gasteiger partial charge in [0.1, 0.15) is 18.2 Å². The van der Waals surface area contributed by atoms with Gasteiger partial charge in [0.05, 0.1) is 23.1 Å². The van der Waals surface area contributed by atoms with Crippen LogP contribution in [0.25, 0.3) is 11.0 Å². The summed E-state index contributed by atoms with van der Waals surface area (Å²) in [5.74, 6) is 0.846. The van der Waals surface area contributed by atoms with E-state index < -0.39 is 11.8 Å². The van der Waals surface area contributed by atoms with E-state index >= 15 is 0 Å². The number of nitrogens with zero attached hydrogens (tertiary/aromatic N) is 4. The number of carboxylic acid groups (broad SMARTS) is 1. The third-order valence-electron chi connectivity index (χ3n) is 10.2. The molecule has 4 aromatic rings. The third kappa shape index (κ3) is 7.09. The van der Waals surface area contributed by atoms with Crippen LogP contribution >= 0.6 is 0 Å². The van der Waals surface area contributed by atoms with Gasteiger partial charge in [0.25, 0.3) is 0 Å². The van der Waals surface area contributed by atoms with Gasteiger partial charge in [0, 0.05) is 54.5 Å². The van der Waals surface area contributed by atoms with Crippen LogP contribution in [0.1, 0.15) is 88.7 Å². The normalized spacial score (nSPS) is 18.3. The van der Waals surface area contributed by atoms with E-state index in [1.807, 2.05) is 18.2 Å². The molecule has 246 valence electrons. The van der Waals surface area contributed by atoms with Crippen molar-refractivity contribution in [2.45, 2.75) is 70.6 Å². The third-order valence-corrected chi connectivity index (χ3v) is 10.2. The molecular formula is C37H41FN4O5. The predicted octanol–water partition coefficient (Wildman–Crippen LogP) is 6.64. The molecule has 0 atom stereocenters. The number of imidazole rings is 1. The van der Waals surface area contributed by atoms with Crippen LogP contribution in [0, 0.1) is 17.7 Å². The van der Waals surface area contributed by atoms with Gasteiger partial charge in [0.15, 0.2) is 5.78 Å². The minimum absolute atomic E-state index is 0.0262. The van der Waals surface area contributed by atoms with E-state index in [-0.39, 0.29) is 24.2 Å². The molecule has 0 radical (unpaired) electrons. The molecule has 10 heteroatoms. The first-order chi connectivity index (χ1) is 22.9. The number of ketones is 1. The molecule has 0 amide bonds. The first kappa shape index (κ1) is 31.4. The fraction of sp³-hybridized carbons (Fsp3) is 0.459. The minimum Gasteiger partial charge on any atom is -0.478 e. The molecule has 7 rings (SSSR count). The number of ether oxygens (including phenoxy) is 2. The number of hydrogen-bond acceptors (Lipinski definition) is 7. The minimum atomic E-state index is -0.921. The number of Topliss-reactive ketones (excluding diaryl/α,β-unsaturated/α-hetero) is 1. The number of benzene rings is 2. The van der Waals surface area contributed by atoms with E-state index in [0.717, 1.165) is 61.6 Å². The standard InChI is InChI=1S/C37H41FN4O5/c38-30-19-27(36(43)26-13-17-46-18-14-26)7-8-29(30)23-47-35-6-2-5-31(40-35)25-11-15-41(16-12-25)22-34-39-32-10-9-28(37(44)45)20-33(32)42(34)21-24-3-1-4-24/h2,5-10,19-20,24-26H,1,3-4,11-18,21-23H2,(H,44,45). The Morgan fingerprint density at radius 1 is 0.936 bits per heavy atom. The Bertz CT molecular complexity index is 1750. The lowest BCUT2D eigenvalue weighted by Crippen LogP contribution is -2.34. The van der Waals surface area contributed by atoms with Crippen LogP contribution in [-0.4, -0.2) is 62.6 Å². The van der Waals surface area contributed by atoms with Gasteiger partial charge >= 0.3 is 5.97 Å². The Morgan fingerprint density at radius 3 is 2.45 bits per heavy atom. The number of hydrogen-bond donors (Lipinski definition) is 1. The van der Waals surface area contributed by atoms with E-state index in [2.05, 4.69) is 9.47 Å². The van der Waals surface area contributed by atoms with Crippen molar-refractivity contribution in [3.8, 4) is 5.88 Å². The molecule has 2 saturated heterocycles. The quantitative estimate of drug-likeness (QED) is 0.182. The number of pyridine rings is 1. The summed E-state index contributed by atoms with van der Waals surface area (Å²) < 4.78 is 28.5. The Labute approximate surface area is 273 Å². The Kier molecular flexibility index (Phi) is 9.31. The Morgan fingerprint density at radius 2 is 1.72 bits per heavy atom. The maximum absolute atomic E-state index is 15.0. The molecule has 9 nitrogen and oxygen atoms in total. The lowest BCUT2D eigenvalue weighted by molar-refractivity contribution is 0.0544. The first-order valence-corrected chi connectivity index (χ1v) is 16.9. The Hall–Kier alpha value is -4.15. The number of carbonyl (C=O) groups is 2. The zero-order valence-corrected chi connectivity index (χ0v) is 26.6. The highest BCUT2D eigenvalue weighted by Crippen LogP contribution is 2.32. The highest BCUT2D eigenvalue weighted by atomic mass is 19.1. The van der Waals surface area contributed by atoms with Gasteiger partial charge in [-0.2, -0.15) is 0 Å². The SMILES string of the molecule is O=C(O)c1ccc2nc(CN3CCC(c4cccc(OCc5ccc(C(=O)C6CCOCC6)cc5F)n4)CC3)n(CC3CCC3)c2c1. The van der Waals surface area contributed by atoms with E-state index in [1.165, 1.54) is 25.3 Å². The summed E-state index contributed by atoms with van der Waals surface area (Å²) in [5.41, 5.74) is 3.79. The maximum atomic E-state index is 15.0. The Balaban J connectivity index is 0.961. The zero-order valence-electron chi connectivity index (χ0n) is 26.6. The van der Waals surface area contributed by atoms with E-state index in [1.54, 1.807) is 30.3 Å². The number of carboxylic acids is 1. The van der Waals surface area contributed by atoms with Crippen LogP contribution in [-0.2, 0) is 24.4 Å². The highest BCUT2D eigenvalue weighted by molar-refractivity contribution is 5.98. The summed E-state index contributed by atoms with van der Waals surface area (Å²) in [5, 5.41) is 9.56. The van der Waals surface area contributed by atoms with Crippen molar-refractivity contribution in [3.05, 3.63) is 88.6 Å². The number of likely N-dealkylation sites (tertiary alicyclic amines) is 1. The molecule has 3 aliphatic rings. The van der Waals surface area contributed by atoms with Crippen LogP contribution in [0.2, 0.25) is 0 Å². The second kappa shape index (κ2) is 13.9. The second-order valence-corrected chi connectivity index (χ2v) is 13.2. The average Bonchev–Trinajstić information content (AvgIpc) is 3.42. The van der Waals surface area contributed by atoms with Gasteiger partial charge < -0.3 is 19.1 Å². The summed E-state index contributed by atoms with van der Waals surface area (Å²) in [6.45, 7) is 4.56. The molecule has 2 aromatic heterocycles. The monoisotopic (exact) mass is 640 g/mol. The van der Waals surface area contributed by atoms with Crippen LogP contribution in [0.4, 0.5) is 4.39 Å². The summed E-state index contributed by atoms with van der Waals surface area (Å²) in [6, 6.07) is 15.6. The molecule has 0 bridgehead atoms. The van der Waals surface area contributed by atoms with Crippen LogP contribution in [0.5, 0.6) is 5.88 Å². The molecule has 1 aliphatic carbocycles. The highest BCUT2D eigenvalue weighted by Gasteiger charge is 2.27.